The fraction of sp³-hybridized carbons (Fsp3) is 0.143. The van der Waals surface area contributed by atoms with E-state index in [2.05, 4.69) is 15.6 Å². The van der Waals surface area contributed by atoms with Crippen LogP contribution in [0.5, 0.6) is 0 Å². The summed E-state index contributed by atoms with van der Waals surface area (Å²) in [5.41, 5.74) is 0.861. The number of nitrogens with one attached hydrogen (secondary N) is 2. The molecule has 1 amide bonds. The quantitative estimate of drug-likeness (QED) is 0.654. The number of alkyl halides is 3. The number of carbonyl (C=O) groups is 1. The molecule has 0 saturated heterocycles. The number of amides is 1. The molecule has 0 radical (unpaired) electrons. The first kappa shape index (κ1) is 19.6. The standard InChI is InChI=1S/C21H18F3N3O/c22-21(23,24)17-9-4-10-18(12-17)27-20(28)19(16-7-2-1-3-8-16)26-14-15-6-5-11-25-13-15/h1-13,19,26H,14H2,(H,27,28)/t19-/m1/s1. The van der Waals surface area contributed by atoms with E-state index in [0.717, 1.165) is 17.7 Å². The normalized spacial score (nSPS) is 12.4. The Morgan fingerprint density at radius 3 is 2.46 bits per heavy atom. The summed E-state index contributed by atoms with van der Waals surface area (Å²) in [5, 5.41) is 5.72. The van der Waals surface area contributed by atoms with E-state index >= 15 is 0 Å². The van der Waals surface area contributed by atoms with E-state index in [1.54, 1.807) is 42.7 Å². The molecule has 2 N–H and O–H groups in total. The van der Waals surface area contributed by atoms with Gasteiger partial charge in [0.1, 0.15) is 6.04 Å². The summed E-state index contributed by atoms with van der Waals surface area (Å²) in [6, 6.07) is 16.5. The smallest absolute Gasteiger partial charge is 0.324 e. The number of anilines is 1. The molecule has 144 valence electrons. The van der Waals surface area contributed by atoms with Gasteiger partial charge < -0.3 is 5.32 Å². The molecule has 0 saturated carbocycles. The van der Waals surface area contributed by atoms with Crippen molar-refractivity contribution in [3.8, 4) is 0 Å². The van der Waals surface area contributed by atoms with Crippen molar-refractivity contribution < 1.29 is 18.0 Å². The van der Waals surface area contributed by atoms with Gasteiger partial charge in [-0.3, -0.25) is 15.1 Å². The van der Waals surface area contributed by atoms with Gasteiger partial charge in [-0.15, -0.1) is 0 Å². The fourth-order valence-corrected chi connectivity index (χ4v) is 2.72. The van der Waals surface area contributed by atoms with Crippen molar-refractivity contribution in [2.45, 2.75) is 18.8 Å². The zero-order valence-electron chi connectivity index (χ0n) is 14.8. The van der Waals surface area contributed by atoms with E-state index in [4.69, 9.17) is 0 Å². The van der Waals surface area contributed by atoms with Crippen LogP contribution < -0.4 is 10.6 Å². The second kappa shape index (κ2) is 8.67. The first-order valence-corrected chi connectivity index (χ1v) is 8.59. The average molecular weight is 385 g/mol. The maximum atomic E-state index is 12.9. The molecule has 4 nitrogen and oxygen atoms in total. The molecule has 0 fully saturated rings. The molecular weight excluding hydrogens is 367 g/mol. The number of pyridine rings is 1. The van der Waals surface area contributed by atoms with Gasteiger partial charge in [-0.2, -0.15) is 13.2 Å². The molecule has 0 aliphatic carbocycles. The molecular formula is C21H18F3N3O. The minimum atomic E-state index is -4.47. The fourth-order valence-electron chi connectivity index (χ4n) is 2.72. The van der Waals surface area contributed by atoms with E-state index < -0.39 is 23.7 Å². The first-order chi connectivity index (χ1) is 13.4. The van der Waals surface area contributed by atoms with Crippen LogP contribution in [0.25, 0.3) is 0 Å². The largest absolute Gasteiger partial charge is 0.416 e. The third kappa shape index (κ3) is 5.17. The third-order valence-corrected chi connectivity index (χ3v) is 4.09. The number of carbonyl (C=O) groups excluding carboxylic acids is 1. The van der Waals surface area contributed by atoms with Gasteiger partial charge in [0.05, 0.1) is 5.56 Å². The maximum Gasteiger partial charge on any atom is 0.416 e. The van der Waals surface area contributed by atoms with E-state index in [0.29, 0.717) is 12.1 Å². The van der Waals surface area contributed by atoms with Gasteiger partial charge >= 0.3 is 6.18 Å². The van der Waals surface area contributed by atoms with Gasteiger partial charge in [0.25, 0.3) is 0 Å². The summed E-state index contributed by atoms with van der Waals surface area (Å²) >= 11 is 0. The number of hydrogen-bond donors (Lipinski definition) is 2. The SMILES string of the molecule is O=C(Nc1cccc(C(F)(F)F)c1)[C@H](NCc1cccnc1)c1ccccc1. The molecule has 3 aromatic rings. The Labute approximate surface area is 160 Å². The topological polar surface area (TPSA) is 54.0 Å². The molecule has 2 aromatic carbocycles. The Morgan fingerprint density at radius 2 is 1.79 bits per heavy atom. The molecule has 1 atom stereocenters. The third-order valence-electron chi connectivity index (χ3n) is 4.09. The molecule has 7 heteroatoms. The van der Waals surface area contributed by atoms with Crippen molar-refractivity contribution in [3.63, 3.8) is 0 Å². The van der Waals surface area contributed by atoms with Crippen LogP contribution in [0, 0.1) is 0 Å². The molecule has 1 heterocycles. The van der Waals surface area contributed by atoms with Crippen molar-refractivity contribution in [1.82, 2.24) is 10.3 Å². The van der Waals surface area contributed by atoms with Crippen molar-refractivity contribution >= 4 is 11.6 Å². The van der Waals surface area contributed by atoms with Crippen LogP contribution in [0.2, 0.25) is 0 Å². The number of nitrogens with zero attached hydrogens (tertiary/aromatic N) is 1. The van der Waals surface area contributed by atoms with Gasteiger partial charge in [0.15, 0.2) is 0 Å². The molecule has 0 aliphatic heterocycles. The average Bonchev–Trinajstić information content (AvgIpc) is 2.69. The lowest BCUT2D eigenvalue weighted by molar-refractivity contribution is -0.137. The highest BCUT2D eigenvalue weighted by atomic mass is 19.4. The van der Waals surface area contributed by atoms with E-state index in [1.165, 1.54) is 12.1 Å². The molecule has 0 unspecified atom stereocenters. The van der Waals surface area contributed by atoms with Gasteiger partial charge in [0.2, 0.25) is 5.91 Å². The highest BCUT2D eigenvalue weighted by molar-refractivity contribution is 5.95. The number of hydrogen-bond acceptors (Lipinski definition) is 3. The predicted octanol–water partition coefficient (Wildman–Crippen LogP) is 4.57. The Hall–Kier alpha value is -3.19. The molecule has 0 aliphatic rings. The van der Waals surface area contributed by atoms with Crippen molar-refractivity contribution in [2.75, 3.05) is 5.32 Å². The summed E-state index contributed by atoms with van der Waals surface area (Å²) in [4.78, 5) is 16.9. The van der Waals surface area contributed by atoms with Crippen LogP contribution in [0.15, 0.2) is 79.1 Å². The highest BCUT2D eigenvalue weighted by Crippen LogP contribution is 2.31. The van der Waals surface area contributed by atoms with Crippen molar-refractivity contribution in [1.29, 1.82) is 0 Å². The summed E-state index contributed by atoms with van der Waals surface area (Å²) < 4.78 is 38.7. The molecule has 0 bridgehead atoms. The van der Waals surface area contributed by atoms with E-state index in [9.17, 15) is 18.0 Å². The van der Waals surface area contributed by atoms with Crippen LogP contribution in [0.1, 0.15) is 22.7 Å². The molecule has 1 aromatic heterocycles. The molecule has 3 rings (SSSR count). The first-order valence-electron chi connectivity index (χ1n) is 8.59. The summed E-state index contributed by atoms with van der Waals surface area (Å²) in [5.74, 6) is -0.450. The summed E-state index contributed by atoms with van der Waals surface area (Å²) in [7, 11) is 0. The van der Waals surface area contributed by atoms with Crippen LogP contribution in [-0.4, -0.2) is 10.9 Å². The number of halogens is 3. The lowest BCUT2D eigenvalue weighted by Gasteiger charge is -2.19. The second-order valence-electron chi connectivity index (χ2n) is 6.15. The Morgan fingerprint density at radius 1 is 1.00 bits per heavy atom. The minimum absolute atomic E-state index is 0.0870. The number of aromatic nitrogens is 1. The van der Waals surface area contributed by atoms with Gasteiger partial charge in [-0.05, 0) is 35.4 Å². The predicted molar refractivity (Wildman–Crippen MR) is 100 cm³/mol. The monoisotopic (exact) mass is 385 g/mol. The zero-order chi connectivity index (χ0) is 20.0. The van der Waals surface area contributed by atoms with Crippen LogP contribution >= 0.6 is 0 Å². The van der Waals surface area contributed by atoms with Crippen molar-refractivity contribution in [3.05, 3.63) is 95.8 Å². The van der Waals surface area contributed by atoms with E-state index in [-0.39, 0.29) is 5.69 Å². The summed E-state index contributed by atoms with van der Waals surface area (Å²) in [6.07, 6.45) is -1.14. The Kier molecular flexibility index (Phi) is 6.06. The highest BCUT2D eigenvalue weighted by Gasteiger charge is 2.30. The van der Waals surface area contributed by atoms with Gasteiger partial charge in [0, 0.05) is 24.6 Å². The van der Waals surface area contributed by atoms with Crippen LogP contribution in [0.4, 0.5) is 18.9 Å². The summed E-state index contributed by atoms with van der Waals surface area (Å²) in [6.45, 7) is 0.378. The Bertz CT molecular complexity index is 915. The van der Waals surface area contributed by atoms with E-state index in [1.807, 2.05) is 12.1 Å². The minimum Gasteiger partial charge on any atom is -0.324 e. The number of benzene rings is 2. The number of rotatable bonds is 6. The van der Waals surface area contributed by atoms with Gasteiger partial charge in [-0.1, -0.05) is 42.5 Å². The Balaban J connectivity index is 1.79. The lowest BCUT2D eigenvalue weighted by atomic mass is 10.1. The molecule has 28 heavy (non-hydrogen) atoms. The van der Waals surface area contributed by atoms with Crippen LogP contribution in [0.3, 0.4) is 0 Å². The van der Waals surface area contributed by atoms with Gasteiger partial charge in [-0.25, -0.2) is 0 Å². The van der Waals surface area contributed by atoms with Crippen molar-refractivity contribution in [2.24, 2.45) is 0 Å². The second-order valence-corrected chi connectivity index (χ2v) is 6.15. The van der Waals surface area contributed by atoms with Crippen LogP contribution in [-0.2, 0) is 17.5 Å². The lowest BCUT2D eigenvalue weighted by Crippen LogP contribution is -2.32. The molecule has 0 spiro atoms. The zero-order valence-corrected chi connectivity index (χ0v) is 14.8. The maximum absolute atomic E-state index is 12.9.